The predicted molar refractivity (Wildman–Crippen MR) is 131 cm³/mol. The zero-order valence-corrected chi connectivity index (χ0v) is 20.4. The summed E-state index contributed by atoms with van der Waals surface area (Å²) in [5.41, 5.74) is 2.03. The summed E-state index contributed by atoms with van der Waals surface area (Å²) >= 11 is 0. The van der Waals surface area contributed by atoms with Crippen molar-refractivity contribution in [1.29, 1.82) is 0 Å². The van der Waals surface area contributed by atoms with Gasteiger partial charge in [-0.1, -0.05) is 32.9 Å². The molecule has 0 saturated heterocycles. The standard InChI is InChI=1S/C21H37N5O.HI/c1-6-18-12-9-13-19(15-18)25-20(27)16-23-21(22-5)24-17(4)11-10-14-26(7-2)8-3;/h9,12-13,15,17H,6-8,10-11,14,16H2,1-5H3,(H,25,27)(H2,22,23,24);1H. The minimum Gasteiger partial charge on any atom is -0.354 e. The Bertz CT molecular complexity index is 590. The first-order valence-corrected chi connectivity index (χ1v) is 10.1. The van der Waals surface area contributed by atoms with Crippen molar-refractivity contribution in [2.75, 3.05) is 38.5 Å². The summed E-state index contributed by atoms with van der Waals surface area (Å²) in [6.45, 7) is 12.1. The normalized spacial score (nSPS) is 12.3. The van der Waals surface area contributed by atoms with E-state index >= 15 is 0 Å². The summed E-state index contributed by atoms with van der Waals surface area (Å²) < 4.78 is 0. The number of amides is 1. The van der Waals surface area contributed by atoms with Crippen LogP contribution in [0.4, 0.5) is 5.69 Å². The molecule has 0 fully saturated rings. The Morgan fingerprint density at radius 1 is 1.21 bits per heavy atom. The second-order valence-electron chi connectivity index (χ2n) is 6.74. The van der Waals surface area contributed by atoms with E-state index in [1.807, 2.05) is 18.2 Å². The molecule has 0 saturated carbocycles. The summed E-state index contributed by atoms with van der Waals surface area (Å²) in [5.74, 6) is 0.572. The fourth-order valence-corrected chi connectivity index (χ4v) is 2.90. The van der Waals surface area contributed by atoms with Crippen molar-refractivity contribution in [1.82, 2.24) is 15.5 Å². The molecule has 0 radical (unpaired) electrons. The van der Waals surface area contributed by atoms with E-state index in [4.69, 9.17) is 0 Å². The zero-order valence-electron chi connectivity index (χ0n) is 18.0. The molecule has 0 aliphatic rings. The smallest absolute Gasteiger partial charge is 0.243 e. The van der Waals surface area contributed by atoms with Crippen molar-refractivity contribution in [3.05, 3.63) is 29.8 Å². The molecule has 6 nitrogen and oxygen atoms in total. The number of carbonyl (C=O) groups is 1. The largest absolute Gasteiger partial charge is 0.354 e. The maximum absolute atomic E-state index is 12.2. The van der Waals surface area contributed by atoms with E-state index in [0.29, 0.717) is 12.0 Å². The van der Waals surface area contributed by atoms with Crippen LogP contribution in [0.1, 0.15) is 46.1 Å². The second-order valence-corrected chi connectivity index (χ2v) is 6.74. The second kappa shape index (κ2) is 15.6. The van der Waals surface area contributed by atoms with Crippen molar-refractivity contribution in [3.63, 3.8) is 0 Å². The number of hydrogen-bond donors (Lipinski definition) is 3. The summed E-state index contributed by atoms with van der Waals surface area (Å²) in [6, 6.07) is 8.23. The zero-order chi connectivity index (χ0) is 20.1. The summed E-state index contributed by atoms with van der Waals surface area (Å²) in [4.78, 5) is 18.8. The Balaban J connectivity index is 0.00000729. The fraction of sp³-hybridized carbons (Fsp3) is 0.619. The lowest BCUT2D eigenvalue weighted by molar-refractivity contribution is -0.115. The van der Waals surface area contributed by atoms with Gasteiger partial charge in [0.2, 0.25) is 5.91 Å². The van der Waals surface area contributed by atoms with E-state index in [-0.39, 0.29) is 36.4 Å². The van der Waals surface area contributed by atoms with Crippen molar-refractivity contribution in [3.8, 4) is 0 Å². The van der Waals surface area contributed by atoms with Crippen LogP contribution in [0, 0.1) is 0 Å². The van der Waals surface area contributed by atoms with Crippen molar-refractivity contribution in [2.24, 2.45) is 4.99 Å². The first-order valence-electron chi connectivity index (χ1n) is 10.1. The highest BCUT2D eigenvalue weighted by molar-refractivity contribution is 14.0. The number of anilines is 1. The first kappa shape index (κ1) is 26.6. The number of aryl methyl sites for hydroxylation is 1. The Labute approximate surface area is 188 Å². The number of guanidine groups is 1. The molecule has 1 atom stereocenters. The molecule has 160 valence electrons. The summed E-state index contributed by atoms with van der Waals surface area (Å²) in [5, 5.41) is 9.36. The molecule has 1 rings (SSSR count). The molecule has 0 aliphatic carbocycles. The van der Waals surface area contributed by atoms with Crippen LogP contribution in [0.25, 0.3) is 0 Å². The number of benzene rings is 1. The van der Waals surface area contributed by atoms with Crippen LogP contribution in [-0.4, -0.2) is 56.0 Å². The molecule has 0 spiro atoms. The van der Waals surface area contributed by atoms with E-state index in [0.717, 1.165) is 44.6 Å². The molecule has 3 N–H and O–H groups in total. The number of nitrogens with one attached hydrogen (secondary N) is 3. The first-order chi connectivity index (χ1) is 13.0. The van der Waals surface area contributed by atoms with Crippen molar-refractivity contribution in [2.45, 2.75) is 53.0 Å². The Morgan fingerprint density at radius 3 is 2.54 bits per heavy atom. The van der Waals surface area contributed by atoms with Crippen LogP contribution < -0.4 is 16.0 Å². The molecule has 7 heteroatoms. The molecule has 0 aromatic heterocycles. The van der Waals surface area contributed by atoms with E-state index < -0.39 is 0 Å². The SMILES string of the molecule is CCc1cccc(NC(=O)CNC(=NC)NC(C)CCCN(CC)CC)c1.I. The monoisotopic (exact) mass is 503 g/mol. The number of halogens is 1. The average molecular weight is 503 g/mol. The van der Waals surface area contributed by atoms with Crippen LogP contribution in [0.2, 0.25) is 0 Å². The quantitative estimate of drug-likeness (QED) is 0.246. The number of aliphatic imine (C=N–C) groups is 1. The third-order valence-corrected chi connectivity index (χ3v) is 4.65. The Kier molecular flexibility index (Phi) is 14.8. The summed E-state index contributed by atoms with van der Waals surface area (Å²) in [6.07, 6.45) is 3.15. The van der Waals surface area contributed by atoms with Crippen LogP contribution in [0.3, 0.4) is 0 Å². The highest BCUT2D eigenvalue weighted by atomic mass is 127. The lowest BCUT2D eigenvalue weighted by Gasteiger charge is -2.21. The lowest BCUT2D eigenvalue weighted by atomic mass is 10.1. The Hall–Kier alpha value is -1.35. The van der Waals surface area contributed by atoms with E-state index in [9.17, 15) is 4.79 Å². The molecule has 1 unspecified atom stereocenters. The minimum absolute atomic E-state index is 0. The van der Waals surface area contributed by atoms with Gasteiger partial charge in [0.15, 0.2) is 5.96 Å². The number of rotatable bonds is 11. The number of hydrogen-bond acceptors (Lipinski definition) is 3. The maximum atomic E-state index is 12.2. The molecule has 0 bridgehead atoms. The molecule has 1 aromatic rings. The van der Waals surface area contributed by atoms with Crippen molar-refractivity contribution < 1.29 is 4.79 Å². The van der Waals surface area contributed by atoms with Crippen LogP contribution in [0.15, 0.2) is 29.3 Å². The van der Waals surface area contributed by atoms with Gasteiger partial charge < -0.3 is 20.9 Å². The average Bonchev–Trinajstić information content (AvgIpc) is 2.68. The fourth-order valence-electron chi connectivity index (χ4n) is 2.90. The molecule has 0 aliphatic heterocycles. The molecule has 1 aromatic carbocycles. The van der Waals surface area contributed by atoms with Gasteiger partial charge >= 0.3 is 0 Å². The van der Waals surface area contributed by atoms with Gasteiger partial charge in [0, 0.05) is 18.8 Å². The predicted octanol–water partition coefficient (Wildman–Crippen LogP) is 3.48. The van der Waals surface area contributed by atoms with Crippen LogP contribution in [-0.2, 0) is 11.2 Å². The van der Waals surface area contributed by atoms with Gasteiger partial charge in [0.25, 0.3) is 0 Å². The molecule has 1 amide bonds. The van der Waals surface area contributed by atoms with E-state index in [1.54, 1.807) is 7.05 Å². The molecular formula is C21H38IN5O. The number of carbonyl (C=O) groups excluding carboxylic acids is 1. The van der Waals surface area contributed by atoms with E-state index in [1.165, 1.54) is 5.56 Å². The number of nitrogens with zero attached hydrogens (tertiary/aromatic N) is 2. The summed E-state index contributed by atoms with van der Waals surface area (Å²) in [7, 11) is 1.72. The third kappa shape index (κ3) is 10.8. The maximum Gasteiger partial charge on any atom is 0.243 e. The topological polar surface area (TPSA) is 68.8 Å². The van der Waals surface area contributed by atoms with Gasteiger partial charge in [-0.15, -0.1) is 24.0 Å². The minimum atomic E-state index is -0.0830. The van der Waals surface area contributed by atoms with E-state index in [2.05, 4.69) is 59.6 Å². The molecular weight excluding hydrogens is 465 g/mol. The Morgan fingerprint density at radius 2 is 1.93 bits per heavy atom. The lowest BCUT2D eigenvalue weighted by Crippen LogP contribution is -2.45. The van der Waals surface area contributed by atoms with Crippen LogP contribution in [0.5, 0.6) is 0 Å². The highest BCUT2D eigenvalue weighted by Crippen LogP contribution is 2.10. The molecule has 28 heavy (non-hydrogen) atoms. The van der Waals surface area contributed by atoms with Crippen LogP contribution >= 0.6 is 24.0 Å². The van der Waals surface area contributed by atoms with Gasteiger partial charge in [0.1, 0.15) is 0 Å². The van der Waals surface area contributed by atoms with Gasteiger partial charge in [-0.2, -0.15) is 0 Å². The van der Waals surface area contributed by atoms with Crippen molar-refractivity contribution >= 4 is 41.5 Å². The highest BCUT2D eigenvalue weighted by Gasteiger charge is 2.08. The van der Waals surface area contributed by atoms with Gasteiger partial charge in [-0.25, -0.2) is 0 Å². The van der Waals surface area contributed by atoms with Gasteiger partial charge in [-0.3, -0.25) is 9.79 Å². The van der Waals surface area contributed by atoms with Gasteiger partial charge in [0.05, 0.1) is 6.54 Å². The van der Waals surface area contributed by atoms with Gasteiger partial charge in [-0.05, 0) is 63.5 Å². The molecule has 0 heterocycles. The third-order valence-electron chi connectivity index (χ3n) is 4.65.